The van der Waals surface area contributed by atoms with E-state index in [1.54, 1.807) is 29.5 Å². The van der Waals surface area contributed by atoms with Gasteiger partial charge in [-0.3, -0.25) is 0 Å². The minimum Gasteiger partial charge on any atom is -0.166 e. The average molecular weight is 320 g/mol. The summed E-state index contributed by atoms with van der Waals surface area (Å²) in [5.74, 6) is 0. The number of alkyl halides is 3. The maximum atomic E-state index is 12.3. The fourth-order valence-electron chi connectivity index (χ4n) is 0.931. The molecule has 1 rings (SSSR count). The van der Waals surface area contributed by atoms with E-state index in [1.807, 2.05) is 0 Å². The monoisotopic (exact) mass is 320 g/mol. The molecule has 0 unspecified atom stereocenters. The zero-order chi connectivity index (χ0) is 10.2. The number of benzene rings is 1. The number of aryl methyl sites for hydroxylation is 1. The van der Waals surface area contributed by atoms with Gasteiger partial charge in [0.25, 0.3) is 0 Å². The third-order valence-corrected chi connectivity index (χ3v) is 3.26. The van der Waals surface area contributed by atoms with E-state index in [-0.39, 0.29) is 8.59 Å². The lowest BCUT2D eigenvalue weighted by molar-refractivity contribution is -0.138. The molecule has 72 valence electrons. The van der Waals surface area contributed by atoms with Crippen LogP contribution in [0.4, 0.5) is 13.2 Å². The minimum atomic E-state index is -4.33. The maximum absolute atomic E-state index is 12.3. The highest BCUT2D eigenvalue weighted by Crippen LogP contribution is 2.36. The van der Waals surface area contributed by atoms with Crippen LogP contribution in [0.15, 0.2) is 12.1 Å². The van der Waals surface area contributed by atoms with Gasteiger partial charge in [-0.25, -0.2) is 0 Å². The molecule has 5 heteroatoms. The lowest BCUT2D eigenvalue weighted by atomic mass is 10.1. The van der Waals surface area contributed by atoms with Crippen LogP contribution in [0, 0.1) is 10.5 Å². The van der Waals surface area contributed by atoms with E-state index in [0.717, 1.165) is 6.07 Å². The highest BCUT2D eigenvalue weighted by atomic mass is 127. The summed E-state index contributed by atoms with van der Waals surface area (Å²) in [4.78, 5) is 0. The van der Waals surface area contributed by atoms with Crippen LogP contribution >= 0.6 is 34.2 Å². The number of hydrogen-bond acceptors (Lipinski definition) is 0. The van der Waals surface area contributed by atoms with E-state index in [9.17, 15) is 13.2 Å². The topological polar surface area (TPSA) is 0 Å². The Morgan fingerprint density at radius 1 is 1.31 bits per heavy atom. The van der Waals surface area contributed by atoms with Crippen LogP contribution in [0.2, 0.25) is 5.02 Å². The molecule has 0 spiro atoms. The molecule has 0 atom stereocenters. The van der Waals surface area contributed by atoms with Crippen molar-refractivity contribution in [3.8, 4) is 0 Å². The van der Waals surface area contributed by atoms with Gasteiger partial charge >= 0.3 is 6.18 Å². The summed E-state index contributed by atoms with van der Waals surface area (Å²) in [5, 5.41) is 0.146. The summed E-state index contributed by atoms with van der Waals surface area (Å²) in [6, 6.07) is 2.60. The number of hydrogen-bond donors (Lipinski definition) is 0. The number of rotatable bonds is 0. The molecule has 0 amide bonds. The first-order valence-corrected chi connectivity index (χ1v) is 4.81. The molecule has 0 aliphatic heterocycles. The van der Waals surface area contributed by atoms with Crippen molar-refractivity contribution in [1.82, 2.24) is 0 Å². The summed E-state index contributed by atoms with van der Waals surface area (Å²) in [5.41, 5.74) is -0.157. The number of halogens is 5. The van der Waals surface area contributed by atoms with E-state index < -0.39 is 11.7 Å². The Balaban J connectivity index is 3.37. The molecule has 0 saturated heterocycles. The first kappa shape index (κ1) is 11.1. The van der Waals surface area contributed by atoms with Crippen LogP contribution in [-0.4, -0.2) is 0 Å². The second-order valence-corrected chi connectivity index (χ2v) is 4.09. The van der Waals surface area contributed by atoms with Gasteiger partial charge in [0.1, 0.15) is 0 Å². The second kappa shape index (κ2) is 3.65. The molecular weight excluding hydrogens is 315 g/mol. The molecule has 0 saturated carbocycles. The fraction of sp³-hybridized carbons (Fsp3) is 0.250. The van der Waals surface area contributed by atoms with E-state index in [4.69, 9.17) is 11.6 Å². The summed E-state index contributed by atoms with van der Waals surface area (Å²) >= 11 is 7.21. The molecule has 0 N–H and O–H groups in total. The van der Waals surface area contributed by atoms with Gasteiger partial charge in [-0.1, -0.05) is 11.6 Å². The van der Waals surface area contributed by atoms with Crippen LogP contribution in [0.3, 0.4) is 0 Å². The van der Waals surface area contributed by atoms with E-state index in [2.05, 4.69) is 0 Å². The predicted octanol–water partition coefficient (Wildman–Crippen LogP) is 4.27. The molecule has 0 fully saturated rings. The molecular formula is C8H5ClF3I. The Kier molecular flexibility index (Phi) is 3.12. The summed E-state index contributed by atoms with van der Waals surface area (Å²) in [6.45, 7) is 1.58. The highest BCUT2D eigenvalue weighted by Gasteiger charge is 2.33. The van der Waals surface area contributed by atoms with Gasteiger partial charge in [0.2, 0.25) is 0 Å². The maximum Gasteiger partial charge on any atom is 0.417 e. The van der Waals surface area contributed by atoms with Crippen LogP contribution in [-0.2, 0) is 6.18 Å². The third kappa shape index (κ3) is 2.49. The summed E-state index contributed by atoms with van der Waals surface area (Å²) in [6.07, 6.45) is -4.33. The molecule has 0 nitrogen and oxygen atoms in total. The van der Waals surface area contributed by atoms with Gasteiger partial charge in [-0.05, 0) is 47.2 Å². The van der Waals surface area contributed by atoms with Crippen molar-refractivity contribution in [3.05, 3.63) is 31.9 Å². The molecule has 0 aromatic heterocycles. The van der Waals surface area contributed by atoms with Crippen LogP contribution in [0.1, 0.15) is 11.1 Å². The Bertz CT molecular complexity index is 333. The van der Waals surface area contributed by atoms with Crippen molar-refractivity contribution in [1.29, 1.82) is 0 Å². The van der Waals surface area contributed by atoms with Crippen LogP contribution in [0.25, 0.3) is 0 Å². The second-order valence-electron chi connectivity index (χ2n) is 2.61. The first-order valence-electron chi connectivity index (χ1n) is 3.35. The lowest BCUT2D eigenvalue weighted by Crippen LogP contribution is -2.08. The molecule has 13 heavy (non-hydrogen) atoms. The van der Waals surface area contributed by atoms with Gasteiger partial charge < -0.3 is 0 Å². The zero-order valence-electron chi connectivity index (χ0n) is 6.54. The smallest absolute Gasteiger partial charge is 0.166 e. The summed E-state index contributed by atoms with van der Waals surface area (Å²) in [7, 11) is 0. The van der Waals surface area contributed by atoms with Gasteiger partial charge in [0.05, 0.1) is 10.6 Å². The average Bonchev–Trinajstić information content (AvgIpc) is 1.94. The largest absolute Gasteiger partial charge is 0.417 e. The Morgan fingerprint density at radius 2 is 1.85 bits per heavy atom. The molecule has 0 heterocycles. The summed E-state index contributed by atoms with van der Waals surface area (Å²) < 4.78 is 37.1. The lowest BCUT2D eigenvalue weighted by Gasteiger charge is -2.10. The van der Waals surface area contributed by atoms with Crippen molar-refractivity contribution < 1.29 is 13.2 Å². The standard InChI is InChI=1S/C8H5ClF3I/c1-4-2-5(8(10,11)12)7(13)6(9)3-4/h2-3H,1H3. The van der Waals surface area contributed by atoms with E-state index in [0.29, 0.717) is 5.56 Å². The highest BCUT2D eigenvalue weighted by molar-refractivity contribution is 14.1. The minimum absolute atomic E-state index is 0.0531. The Hall–Kier alpha value is 0.0300. The van der Waals surface area contributed by atoms with E-state index in [1.165, 1.54) is 6.07 Å². The molecule has 1 aromatic carbocycles. The quantitative estimate of drug-likeness (QED) is 0.626. The molecule has 1 aromatic rings. The van der Waals surface area contributed by atoms with Crippen molar-refractivity contribution in [2.45, 2.75) is 13.1 Å². The molecule has 0 bridgehead atoms. The molecule has 0 aliphatic carbocycles. The van der Waals surface area contributed by atoms with Crippen molar-refractivity contribution in [2.75, 3.05) is 0 Å². The third-order valence-electron chi connectivity index (χ3n) is 1.48. The van der Waals surface area contributed by atoms with Crippen LogP contribution in [0.5, 0.6) is 0 Å². The van der Waals surface area contributed by atoms with Gasteiger partial charge in [0.15, 0.2) is 0 Å². The predicted molar refractivity (Wildman–Crippen MR) is 53.9 cm³/mol. The Labute approximate surface area is 92.2 Å². The normalized spacial score (nSPS) is 11.8. The van der Waals surface area contributed by atoms with Gasteiger partial charge in [0, 0.05) is 3.57 Å². The zero-order valence-corrected chi connectivity index (χ0v) is 9.46. The van der Waals surface area contributed by atoms with Gasteiger partial charge in [-0.15, -0.1) is 0 Å². The van der Waals surface area contributed by atoms with Gasteiger partial charge in [-0.2, -0.15) is 13.2 Å². The SMILES string of the molecule is Cc1cc(Cl)c(I)c(C(F)(F)F)c1. The van der Waals surface area contributed by atoms with Crippen molar-refractivity contribution >= 4 is 34.2 Å². The van der Waals surface area contributed by atoms with Crippen LogP contribution < -0.4 is 0 Å². The molecule has 0 radical (unpaired) electrons. The Morgan fingerprint density at radius 3 is 2.31 bits per heavy atom. The molecule has 0 aliphatic rings. The first-order chi connectivity index (χ1) is 5.82. The fourth-order valence-corrected chi connectivity index (χ4v) is 1.82. The van der Waals surface area contributed by atoms with Crippen molar-refractivity contribution in [2.24, 2.45) is 0 Å². The van der Waals surface area contributed by atoms with Crippen molar-refractivity contribution in [3.63, 3.8) is 0 Å². The van der Waals surface area contributed by atoms with E-state index >= 15 is 0 Å².